The number of hydrogen-bond donors (Lipinski definition) is 3. The van der Waals surface area contributed by atoms with Crippen LogP contribution in [-0.4, -0.2) is 38.0 Å². The van der Waals surface area contributed by atoms with E-state index in [1.54, 1.807) is 0 Å². The lowest BCUT2D eigenvalue weighted by molar-refractivity contribution is -0.937. The van der Waals surface area contributed by atoms with Crippen LogP contribution in [0.15, 0.2) is 42.5 Å². The summed E-state index contributed by atoms with van der Waals surface area (Å²) in [7, 11) is 0. The molecular formula is C21H27FN3OS+. The molecule has 1 aliphatic rings. The Morgan fingerprint density at radius 3 is 2.56 bits per heavy atom. The van der Waals surface area contributed by atoms with Gasteiger partial charge in [0.25, 0.3) is 0 Å². The number of anilines is 1. The van der Waals surface area contributed by atoms with E-state index >= 15 is 0 Å². The van der Waals surface area contributed by atoms with E-state index in [1.165, 1.54) is 28.2 Å². The first-order valence-corrected chi connectivity index (χ1v) is 9.74. The van der Waals surface area contributed by atoms with Gasteiger partial charge in [0.15, 0.2) is 5.11 Å². The van der Waals surface area contributed by atoms with Crippen molar-refractivity contribution in [3.8, 4) is 0 Å². The highest BCUT2D eigenvalue weighted by Crippen LogP contribution is 2.18. The van der Waals surface area contributed by atoms with Crippen molar-refractivity contribution in [1.82, 2.24) is 5.32 Å². The first kappa shape index (κ1) is 19.7. The van der Waals surface area contributed by atoms with E-state index in [1.807, 2.05) is 24.3 Å². The summed E-state index contributed by atoms with van der Waals surface area (Å²) >= 11 is 5.51. The number of aryl methyl sites for hydroxylation is 1. The van der Waals surface area contributed by atoms with E-state index in [0.29, 0.717) is 11.7 Å². The van der Waals surface area contributed by atoms with E-state index in [4.69, 9.17) is 17.0 Å². The number of morpholine rings is 1. The minimum Gasteiger partial charge on any atom is -0.370 e. The zero-order valence-electron chi connectivity index (χ0n) is 15.8. The Hall–Kier alpha value is -2.02. The monoisotopic (exact) mass is 388 g/mol. The molecular weight excluding hydrogens is 361 g/mol. The largest absolute Gasteiger partial charge is 0.370 e. The number of halogens is 1. The minimum absolute atomic E-state index is 0.188. The highest BCUT2D eigenvalue weighted by molar-refractivity contribution is 7.80. The predicted molar refractivity (Wildman–Crippen MR) is 111 cm³/mol. The molecule has 0 spiro atoms. The topological polar surface area (TPSA) is 37.7 Å². The first-order valence-electron chi connectivity index (χ1n) is 9.33. The van der Waals surface area contributed by atoms with Crippen LogP contribution < -0.4 is 15.5 Å². The molecule has 3 N–H and O–H groups in total. The van der Waals surface area contributed by atoms with Gasteiger partial charge in [-0.05, 0) is 55.4 Å². The van der Waals surface area contributed by atoms with Crippen molar-refractivity contribution in [2.24, 2.45) is 0 Å². The Labute approximate surface area is 165 Å². The normalized spacial score (nSPS) is 16.0. The molecule has 1 atom stereocenters. The minimum atomic E-state index is -0.213. The van der Waals surface area contributed by atoms with Gasteiger partial charge in [0.05, 0.1) is 19.8 Å². The number of thiocarbonyl (C=S) groups is 1. The standard InChI is InChI=1S/C21H26FN3OS/c1-15-4-3-5-19(16(15)2)24-21(27)23-14-20(25-10-12-26-13-11-25)17-6-8-18(22)9-7-17/h3-9,20H,10-14H2,1-2H3,(H2,23,24,27)/p+1/t20-/m0/s1. The van der Waals surface area contributed by atoms with Gasteiger partial charge in [-0.3, -0.25) is 0 Å². The lowest BCUT2D eigenvalue weighted by Crippen LogP contribution is -3.15. The SMILES string of the molecule is Cc1cccc(NC(=S)NC[C@@H](c2ccc(F)cc2)[NH+]2CCOCC2)c1C. The lowest BCUT2D eigenvalue weighted by Gasteiger charge is -2.32. The van der Waals surface area contributed by atoms with Gasteiger partial charge in [-0.15, -0.1) is 0 Å². The molecule has 0 saturated carbocycles. The summed E-state index contributed by atoms with van der Waals surface area (Å²) in [5, 5.41) is 7.25. The summed E-state index contributed by atoms with van der Waals surface area (Å²) in [6, 6.07) is 13.1. The molecule has 0 aromatic heterocycles. The summed E-state index contributed by atoms with van der Waals surface area (Å²) in [5.41, 5.74) is 4.54. The van der Waals surface area contributed by atoms with Gasteiger partial charge in [-0.25, -0.2) is 4.39 Å². The fourth-order valence-corrected chi connectivity index (χ4v) is 3.62. The highest BCUT2D eigenvalue weighted by atomic mass is 32.1. The fraction of sp³-hybridized carbons (Fsp3) is 0.381. The zero-order valence-corrected chi connectivity index (χ0v) is 16.7. The molecule has 27 heavy (non-hydrogen) atoms. The van der Waals surface area contributed by atoms with Gasteiger partial charge in [0.1, 0.15) is 24.9 Å². The number of ether oxygens (including phenoxy) is 1. The Kier molecular flexibility index (Phi) is 6.77. The molecule has 4 nitrogen and oxygen atoms in total. The quantitative estimate of drug-likeness (QED) is 0.688. The second-order valence-corrected chi connectivity index (χ2v) is 7.37. The summed E-state index contributed by atoms with van der Waals surface area (Å²) < 4.78 is 18.8. The van der Waals surface area contributed by atoms with E-state index in [0.717, 1.165) is 37.6 Å². The second-order valence-electron chi connectivity index (χ2n) is 6.96. The molecule has 2 aromatic carbocycles. The van der Waals surface area contributed by atoms with Crippen LogP contribution in [0.5, 0.6) is 0 Å². The van der Waals surface area contributed by atoms with Gasteiger partial charge in [0, 0.05) is 11.3 Å². The Bertz CT molecular complexity index is 775. The van der Waals surface area contributed by atoms with Crippen LogP contribution >= 0.6 is 12.2 Å². The van der Waals surface area contributed by atoms with Crippen molar-refractivity contribution < 1.29 is 14.0 Å². The first-order chi connectivity index (χ1) is 13.0. The molecule has 1 heterocycles. The number of nitrogens with one attached hydrogen (secondary N) is 3. The molecule has 1 fully saturated rings. The Balaban J connectivity index is 1.67. The van der Waals surface area contributed by atoms with Gasteiger partial charge < -0.3 is 20.3 Å². The van der Waals surface area contributed by atoms with Crippen LogP contribution in [0.3, 0.4) is 0 Å². The second kappa shape index (κ2) is 9.26. The van der Waals surface area contributed by atoms with Gasteiger partial charge >= 0.3 is 0 Å². The number of hydrogen-bond acceptors (Lipinski definition) is 2. The van der Waals surface area contributed by atoms with E-state index in [9.17, 15) is 4.39 Å². The van der Waals surface area contributed by atoms with Crippen molar-refractivity contribution >= 4 is 23.0 Å². The average Bonchev–Trinajstić information content (AvgIpc) is 2.68. The number of benzene rings is 2. The van der Waals surface area contributed by atoms with Crippen molar-refractivity contribution in [1.29, 1.82) is 0 Å². The third-order valence-electron chi connectivity index (χ3n) is 5.22. The third kappa shape index (κ3) is 5.25. The molecule has 0 amide bonds. The fourth-order valence-electron chi connectivity index (χ4n) is 3.42. The maximum atomic E-state index is 13.3. The van der Waals surface area contributed by atoms with E-state index in [2.05, 4.69) is 30.5 Å². The molecule has 3 rings (SSSR count). The molecule has 0 radical (unpaired) electrons. The molecule has 2 aromatic rings. The van der Waals surface area contributed by atoms with Crippen molar-refractivity contribution in [2.75, 3.05) is 38.2 Å². The molecule has 144 valence electrons. The highest BCUT2D eigenvalue weighted by Gasteiger charge is 2.26. The molecule has 6 heteroatoms. The smallest absolute Gasteiger partial charge is 0.171 e. The average molecular weight is 389 g/mol. The maximum Gasteiger partial charge on any atom is 0.171 e. The molecule has 1 aliphatic heterocycles. The van der Waals surface area contributed by atoms with E-state index < -0.39 is 0 Å². The maximum absolute atomic E-state index is 13.3. The summed E-state index contributed by atoms with van der Waals surface area (Å²) in [5.74, 6) is -0.213. The van der Waals surface area contributed by atoms with Gasteiger partial charge in [0.2, 0.25) is 0 Å². The van der Waals surface area contributed by atoms with Crippen LogP contribution in [-0.2, 0) is 4.74 Å². The van der Waals surface area contributed by atoms with Crippen molar-refractivity contribution in [2.45, 2.75) is 19.9 Å². The number of quaternary nitrogens is 1. The van der Waals surface area contributed by atoms with E-state index in [-0.39, 0.29) is 11.9 Å². The summed E-state index contributed by atoms with van der Waals surface area (Å²) in [4.78, 5) is 1.43. The summed E-state index contributed by atoms with van der Waals surface area (Å²) in [6.07, 6.45) is 0. The van der Waals surface area contributed by atoms with Crippen LogP contribution in [0.1, 0.15) is 22.7 Å². The molecule has 1 saturated heterocycles. The van der Waals surface area contributed by atoms with Gasteiger partial charge in [-0.2, -0.15) is 0 Å². The van der Waals surface area contributed by atoms with Crippen LogP contribution in [0.25, 0.3) is 0 Å². The Morgan fingerprint density at radius 1 is 1.15 bits per heavy atom. The van der Waals surface area contributed by atoms with Gasteiger partial charge in [-0.1, -0.05) is 24.3 Å². The van der Waals surface area contributed by atoms with Crippen molar-refractivity contribution in [3.05, 3.63) is 65.0 Å². The van der Waals surface area contributed by atoms with Crippen LogP contribution in [0.2, 0.25) is 0 Å². The molecule has 0 aliphatic carbocycles. The number of rotatable bonds is 5. The lowest BCUT2D eigenvalue weighted by atomic mass is 10.0. The third-order valence-corrected chi connectivity index (χ3v) is 5.47. The summed E-state index contributed by atoms with van der Waals surface area (Å²) in [6.45, 7) is 8.21. The molecule has 0 bridgehead atoms. The van der Waals surface area contributed by atoms with Crippen molar-refractivity contribution in [3.63, 3.8) is 0 Å². The molecule has 0 unspecified atom stereocenters. The predicted octanol–water partition coefficient (Wildman–Crippen LogP) is 2.39. The van der Waals surface area contributed by atoms with Crippen LogP contribution in [0, 0.1) is 19.7 Å². The Morgan fingerprint density at radius 2 is 1.85 bits per heavy atom. The van der Waals surface area contributed by atoms with Crippen LogP contribution in [0.4, 0.5) is 10.1 Å². The zero-order chi connectivity index (χ0) is 19.2.